The zero-order valence-corrected chi connectivity index (χ0v) is 10.0. The molecule has 0 aromatic carbocycles. The summed E-state index contributed by atoms with van der Waals surface area (Å²) in [4.78, 5) is 6.25. The van der Waals surface area contributed by atoms with Crippen LogP contribution in [-0.4, -0.2) is 39.3 Å². The van der Waals surface area contributed by atoms with E-state index in [4.69, 9.17) is 0 Å². The van der Waals surface area contributed by atoms with Crippen LogP contribution in [0.25, 0.3) is 0 Å². The van der Waals surface area contributed by atoms with Gasteiger partial charge in [0, 0.05) is 25.3 Å². The van der Waals surface area contributed by atoms with E-state index >= 15 is 0 Å². The summed E-state index contributed by atoms with van der Waals surface area (Å²) in [6.07, 6.45) is 3.46. The summed E-state index contributed by atoms with van der Waals surface area (Å²) in [5.41, 5.74) is 1.19. The molecule has 0 fully saturated rings. The summed E-state index contributed by atoms with van der Waals surface area (Å²) in [5, 5.41) is 9.27. The Morgan fingerprint density at radius 3 is 2.67 bits per heavy atom. The Bertz CT molecular complexity index is 294. The van der Waals surface area contributed by atoms with E-state index in [1.165, 1.54) is 5.69 Å². The summed E-state index contributed by atoms with van der Waals surface area (Å²) in [7, 11) is 2.00. The third-order valence-corrected chi connectivity index (χ3v) is 2.31. The van der Waals surface area contributed by atoms with Crippen LogP contribution in [0.3, 0.4) is 0 Å². The van der Waals surface area contributed by atoms with Crippen molar-refractivity contribution in [2.24, 2.45) is 0 Å². The van der Waals surface area contributed by atoms with Crippen LogP contribution in [0.1, 0.15) is 32.5 Å². The molecule has 15 heavy (non-hydrogen) atoms. The Balaban J connectivity index is 2.60. The smallest absolute Gasteiger partial charge is 0.0951 e. The van der Waals surface area contributed by atoms with Crippen LogP contribution in [0.2, 0.25) is 0 Å². The molecule has 0 spiro atoms. The van der Waals surface area contributed by atoms with E-state index in [1.54, 1.807) is 6.92 Å². The highest BCUT2D eigenvalue weighted by Gasteiger charge is 2.09. The molecule has 0 bridgehead atoms. The zero-order chi connectivity index (χ0) is 11.4. The van der Waals surface area contributed by atoms with Crippen LogP contribution in [0, 0.1) is 0 Å². The number of likely N-dealkylation sites (N-methyl/N-ethyl adjacent to an activating group) is 1. The molecule has 1 aromatic heterocycles. The fourth-order valence-electron chi connectivity index (χ4n) is 1.71. The average molecular weight is 211 g/mol. The molecule has 1 atom stereocenters. The standard InChI is InChI=1S/C11H21N3O/c1-9(2)14-8-12-5-11(14)7-13(4)6-10(3)15/h5,8-10,15H,6-7H2,1-4H3. The van der Waals surface area contributed by atoms with Crippen LogP contribution in [0.15, 0.2) is 12.5 Å². The van der Waals surface area contributed by atoms with Crippen LogP contribution < -0.4 is 0 Å². The van der Waals surface area contributed by atoms with Gasteiger partial charge in [-0.05, 0) is 27.8 Å². The first-order valence-electron chi connectivity index (χ1n) is 5.38. The third-order valence-electron chi connectivity index (χ3n) is 2.31. The van der Waals surface area contributed by atoms with Gasteiger partial charge in [-0.2, -0.15) is 0 Å². The number of imidazole rings is 1. The highest BCUT2D eigenvalue weighted by atomic mass is 16.3. The van der Waals surface area contributed by atoms with Gasteiger partial charge in [0.1, 0.15) is 0 Å². The first-order valence-corrected chi connectivity index (χ1v) is 5.38. The summed E-state index contributed by atoms with van der Waals surface area (Å²) in [6.45, 7) is 7.59. The maximum absolute atomic E-state index is 9.27. The number of rotatable bonds is 5. The first kappa shape index (κ1) is 12.2. The summed E-state index contributed by atoms with van der Waals surface area (Å²) in [5.74, 6) is 0. The largest absolute Gasteiger partial charge is 0.392 e. The second-order valence-corrected chi connectivity index (χ2v) is 4.43. The van der Waals surface area contributed by atoms with Crippen molar-refractivity contribution in [3.8, 4) is 0 Å². The molecule has 1 aromatic rings. The molecular formula is C11H21N3O. The van der Waals surface area contributed by atoms with Crippen molar-refractivity contribution < 1.29 is 5.11 Å². The number of aromatic nitrogens is 2. The Labute approximate surface area is 91.5 Å². The van der Waals surface area contributed by atoms with E-state index < -0.39 is 0 Å². The van der Waals surface area contributed by atoms with Crippen molar-refractivity contribution in [3.63, 3.8) is 0 Å². The van der Waals surface area contributed by atoms with Gasteiger partial charge in [-0.3, -0.25) is 4.90 Å². The second kappa shape index (κ2) is 5.28. The van der Waals surface area contributed by atoms with Gasteiger partial charge in [-0.1, -0.05) is 0 Å². The Hall–Kier alpha value is -0.870. The molecule has 0 aliphatic carbocycles. The molecule has 86 valence electrons. The van der Waals surface area contributed by atoms with E-state index in [0.29, 0.717) is 12.6 Å². The van der Waals surface area contributed by atoms with Crippen molar-refractivity contribution in [1.82, 2.24) is 14.5 Å². The second-order valence-electron chi connectivity index (χ2n) is 4.43. The Morgan fingerprint density at radius 1 is 1.47 bits per heavy atom. The molecule has 4 nitrogen and oxygen atoms in total. The lowest BCUT2D eigenvalue weighted by atomic mass is 10.3. The van der Waals surface area contributed by atoms with E-state index in [0.717, 1.165) is 6.54 Å². The Kier molecular flexibility index (Phi) is 4.29. The van der Waals surface area contributed by atoms with E-state index in [1.807, 2.05) is 19.6 Å². The molecule has 4 heteroatoms. The lowest BCUT2D eigenvalue weighted by Gasteiger charge is -2.20. The SMILES string of the molecule is CC(O)CN(C)Cc1cncn1C(C)C. The quantitative estimate of drug-likeness (QED) is 0.797. The van der Waals surface area contributed by atoms with Gasteiger partial charge in [0.15, 0.2) is 0 Å². The molecule has 1 unspecified atom stereocenters. The topological polar surface area (TPSA) is 41.3 Å². The van der Waals surface area contributed by atoms with Crippen molar-refractivity contribution in [1.29, 1.82) is 0 Å². The lowest BCUT2D eigenvalue weighted by Crippen LogP contribution is -2.27. The number of aliphatic hydroxyl groups excluding tert-OH is 1. The van der Waals surface area contributed by atoms with Crippen LogP contribution >= 0.6 is 0 Å². The summed E-state index contributed by atoms with van der Waals surface area (Å²) >= 11 is 0. The predicted molar refractivity (Wildman–Crippen MR) is 60.6 cm³/mol. The van der Waals surface area contributed by atoms with Crippen LogP contribution in [0.5, 0.6) is 0 Å². The van der Waals surface area contributed by atoms with Gasteiger partial charge < -0.3 is 9.67 Å². The molecule has 1 heterocycles. The molecule has 0 saturated heterocycles. The minimum Gasteiger partial charge on any atom is -0.392 e. The lowest BCUT2D eigenvalue weighted by molar-refractivity contribution is 0.137. The minimum atomic E-state index is -0.287. The molecule has 1 N–H and O–H groups in total. The molecule has 0 radical (unpaired) electrons. The van der Waals surface area contributed by atoms with Crippen LogP contribution in [-0.2, 0) is 6.54 Å². The highest BCUT2D eigenvalue weighted by molar-refractivity contribution is 4.99. The minimum absolute atomic E-state index is 0.287. The molecule has 0 saturated carbocycles. The summed E-state index contributed by atoms with van der Waals surface area (Å²) < 4.78 is 2.15. The molecule has 0 aliphatic rings. The maximum Gasteiger partial charge on any atom is 0.0951 e. The summed E-state index contributed by atoms with van der Waals surface area (Å²) in [6, 6.07) is 0.433. The zero-order valence-electron chi connectivity index (χ0n) is 10.0. The maximum atomic E-state index is 9.27. The molecule has 0 aliphatic heterocycles. The highest BCUT2D eigenvalue weighted by Crippen LogP contribution is 2.10. The number of hydrogen-bond acceptors (Lipinski definition) is 3. The fraction of sp³-hybridized carbons (Fsp3) is 0.727. The van der Waals surface area contributed by atoms with Gasteiger partial charge in [0.2, 0.25) is 0 Å². The van der Waals surface area contributed by atoms with Crippen molar-refractivity contribution in [2.75, 3.05) is 13.6 Å². The molecular weight excluding hydrogens is 190 g/mol. The van der Waals surface area contributed by atoms with Crippen molar-refractivity contribution >= 4 is 0 Å². The molecule has 0 amide bonds. The average Bonchev–Trinajstić information content (AvgIpc) is 2.50. The van der Waals surface area contributed by atoms with Gasteiger partial charge in [-0.15, -0.1) is 0 Å². The van der Waals surface area contributed by atoms with Gasteiger partial charge in [-0.25, -0.2) is 4.98 Å². The number of aliphatic hydroxyl groups is 1. The van der Waals surface area contributed by atoms with Crippen molar-refractivity contribution in [3.05, 3.63) is 18.2 Å². The number of nitrogens with zero attached hydrogens (tertiary/aromatic N) is 3. The normalized spacial score (nSPS) is 13.8. The predicted octanol–water partition coefficient (Wildman–Crippen LogP) is 1.28. The first-order chi connectivity index (χ1) is 7.00. The van der Waals surface area contributed by atoms with Gasteiger partial charge in [0.05, 0.1) is 18.1 Å². The Morgan fingerprint density at radius 2 is 2.13 bits per heavy atom. The van der Waals surface area contributed by atoms with Crippen LogP contribution in [0.4, 0.5) is 0 Å². The molecule has 1 rings (SSSR count). The fourth-order valence-corrected chi connectivity index (χ4v) is 1.71. The van der Waals surface area contributed by atoms with E-state index in [2.05, 4.69) is 28.3 Å². The monoisotopic (exact) mass is 211 g/mol. The van der Waals surface area contributed by atoms with E-state index in [-0.39, 0.29) is 6.10 Å². The van der Waals surface area contributed by atoms with Gasteiger partial charge in [0.25, 0.3) is 0 Å². The number of hydrogen-bond donors (Lipinski definition) is 1. The van der Waals surface area contributed by atoms with Gasteiger partial charge >= 0.3 is 0 Å². The third kappa shape index (κ3) is 3.64. The van der Waals surface area contributed by atoms with Crippen molar-refractivity contribution in [2.45, 2.75) is 39.5 Å². The van der Waals surface area contributed by atoms with E-state index in [9.17, 15) is 5.11 Å².